The number of hydrogen-bond donors (Lipinski definition) is 1. The smallest absolute Gasteiger partial charge is 0.162 e. The van der Waals surface area contributed by atoms with Crippen molar-refractivity contribution in [2.75, 3.05) is 5.32 Å². The molecule has 0 bridgehead atoms. The van der Waals surface area contributed by atoms with Gasteiger partial charge in [0.15, 0.2) is 5.65 Å². The third-order valence-electron chi connectivity index (χ3n) is 4.01. The Hall–Kier alpha value is -2.53. The Kier molecular flexibility index (Phi) is 3.65. The second-order valence-corrected chi connectivity index (χ2v) is 6.45. The van der Waals surface area contributed by atoms with Crippen molar-refractivity contribution in [1.29, 1.82) is 0 Å². The first-order valence-electron chi connectivity index (χ1n) is 7.87. The summed E-state index contributed by atoms with van der Waals surface area (Å²) in [5, 5.41) is 9.31. The number of hydrogen-bond acceptors (Lipinski definition) is 4. The molecule has 0 aliphatic rings. The zero-order valence-electron chi connectivity index (χ0n) is 13.5. The monoisotopic (exact) mass is 340 g/mol. The lowest BCUT2D eigenvalue weighted by Crippen LogP contribution is -2.06. The largest absolute Gasteiger partial charge is 0.459 e. The van der Waals surface area contributed by atoms with Crippen LogP contribution < -0.4 is 5.32 Å². The summed E-state index contributed by atoms with van der Waals surface area (Å²) < 4.78 is 7.62. The summed E-state index contributed by atoms with van der Waals surface area (Å²) in [5.41, 5.74) is 2.74. The van der Waals surface area contributed by atoms with Crippen LogP contribution in [0.3, 0.4) is 0 Å². The van der Waals surface area contributed by atoms with Crippen molar-refractivity contribution in [3.8, 4) is 0 Å². The van der Waals surface area contributed by atoms with E-state index in [1.807, 2.05) is 36.5 Å². The highest BCUT2D eigenvalue weighted by Crippen LogP contribution is 2.25. The summed E-state index contributed by atoms with van der Waals surface area (Å²) in [7, 11) is 0. The summed E-state index contributed by atoms with van der Waals surface area (Å²) in [6, 6.07) is 11.8. The number of anilines is 1. The van der Waals surface area contributed by atoms with E-state index in [1.165, 1.54) is 0 Å². The molecule has 0 radical (unpaired) electrons. The van der Waals surface area contributed by atoms with Gasteiger partial charge in [-0.15, -0.1) is 0 Å². The standard InChI is InChI=1S/C18H17ClN4O/c1-11(2)14-10-21-23-17(8-16(19)22-18(14)23)20-9-13-7-12-5-3-4-6-15(12)24-13/h3-8,10-11,20H,9H2,1-2H3. The van der Waals surface area contributed by atoms with Crippen LogP contribution in [0.2, 0.25) is 5.15 Å². The molecule has 0 unspecified atom stereocenters. The normalized spacial score (nSPS) is 11.7. The van der Waals surface area contributed by atoms with E-state index in [1.54, 1.807) is 10.6 Å². The van der Waals surface area contributed by atoms with Crippen molar-refractivity contribution in [1.82, 2.24) is 14.6 Å². The quantitative estimate of drug-likeness (QED) is 0.539. The van der Waals surface area contributed by atoms with E-state index in [0.717, 1.165) is 33.8 Å². The average Bonchev–Trinajstić information content (AvgIpc) is 3.15. The number of aromatic nitrogens is 3. The molecule has 1 N–H and O–H groups in total. The van der Waals surface area contributed by atoms with Gasteiger partial charge in [0.2, 0.25) is 0 Å². The third-order valence-corrected chi connectivity index (χ3v) is 4.20. The molecule has 0 saturated heterocycles. The van der Waals surface area contributed by atoms with E-state index in [-0.39, 0.29) is 0 Å². The SMILES string of the molecule is CC(C)c1cnn2c(NCc3cc4ccccc4o3)cc(Cl)nc12. The van der Waals surface area contributed by atoms with Crippen LogP contribution in [0.1, 0.15) is 31.1 Å². The molecule has 0 fully saturated rings. The lowest BCUT2D eigenvalue weighted by Gasteiger charge is -2.08. The number of rotatable bonds is 4. The van der Waals surface area contributed by atoms with Gasteiger partial charge in [-0.2, -0.15) is 9.61 Å². The molecular weight excluding hydrogens is 324 g/mol. The summed E-state index contributed by atoms with van der Waals surface area (Å²) in [5.74, 6) is 1.97. The molecule has 4 rings (SSSR count). The minimum Gasteiger partial charge on any atom is -0.459 e. The van der Waals surface area contributed by atoms with E-state index in [0.29, 0.717) is 17.6 Å². The topological polar surface area (TPSA) is 55.4 Å². The second-order valence-electron chi connectivity index (χ2n) is 6.06. The Morgan fingerprint density at radius 2 is 2.08 bits per heavy atom. The maximum atomic E-state index is 6.19. The van der Waals surface area contributed by atoms with Crippen molar-refractivity contribution >= 4 is 34.0 Å². The van der Waals surface area contributed by atoms with Crippen LogP contribution in [-0.4, -0.2) is 14.6 Å². The molecular formula is C18H17ClN4O. The molecule has 6 heteroatoms. The van der Waals surface area contributed by atoms with E-state index in [4.69, 9.17) is 16.0 Å². The number of nitrogens with one attached hydrogen (secondary N) is 1. The summed E-state index contributed by atoms with van der Waals surface area (Å²) >= 11 is 6.19. The molecule has 3 heterocycles. The van der Waals surface area contributed by atoms with Crippen molar-refractivity contribution in [2.24, 2.45) is 0 Å². The maximum absolute atomic E-state index is 6.19. The van der Waals surface area contributed by atoms with Crippen LogP contribution in [0.25, 0.3) is 16.6 Å². The van der Waals surface area contributed by atoms with Crippen LogP contribution in [0.4, 0.5) is 5.82 Å². The van der Waals surface area contributed by atoms with Gasteiger partial charge in [-0.1, -0.05) is 43.6 Å². The fourth-order valence-corrected chi connectivity index (χ4v) is 2.97. The Morgan fingerprint density at radius 3 is 2.88 bits per heavy atom. The summed E-state index contributed by atoms with van der Waals surface area (Å²) in [6.07, 6.45) is 1.84. The maximum Gasteiger partial charge on any atom is 0.162 e. The molecule has 0 atom stereocenters. The van der Waals surface area contributed by atoms with Gasteiger partial charge in [0.1, 0.15) is 22.3 Å². The van der Waals surface area contributed by atoms with E-state index in [2.05, 4.69) is 29.2 Å². The average molecular weight is 341 g/mol. The summed E-state index contributed by atoms with van der Waals surface area (Å²) in [4.78, 5) is 4.41. The van der Waals surface area contributed by atoms with Crippen LogP contribution in [-0.2, 0) is 6.54 Å². The third kappa shape index (κ3) is 2.61. The van der Waals surface area contributed by atoms with Crippen molar-refractivity contribution in [3.05, 3.63) is 59.1 Å². The highest BCUT2D eigenvalue weighted by Gasteiger charge is 2.13. The number of fused-ring (bicyclic) bond motifs is 2. The number of benzene rings is 1. The fourth-order valence-electron chi connectivity index (χ4n) is 2.79. The Bertz CT molecular complexity index is 985. The zero-order chi connectivity index (χ0) is 16.7. The molecule has 3 aromatic heterocycles. The van der Waals surface area contributed by atoms with Gasteiger partial charge in [0, 0.05) is 17.0 Å². The first-order chi connectivity index (χ1) is 11.6. The van der Waals surface area contributed by atoms with Gasteiger partial charge in [0.05, 0.1) is 12.7 Å². The van der Waals surface area contributed by atoms with Crippen molar-refractivity contribution < 1.29 is 4.42 Å². The predicted molar refractivity (Wildman–Crippen MR) is 95.6 cm³/mol. The molecule has 0 amide bonds. The highest BCUT2D eigenvalue weighted by molar-refractivity contribution is 6.29. The van der Waals surface area contributed by atoms with Gasteiger partial charge in [-0.25, -0.2) is 4.98 Å². The lowest BCUT2D eigenvalue weighted by atomic mass is 10.1. The van der Waals surface area contributed by atoms with E-state index in [9.17, 15) is 0 Å². The van der Waals surface area contributed by atoms with Crippen LogP contribution in [0.5, 0.6) is 0 Å². The number of furan rings is 1. The van der Waals surface area contributed by atoms with E-state index >= 15 is 0 Å². The van der Waals surface area contributed by atoms with Gasteiger partial charge in [-0.05, 0) is 18.1 Å². The molecule has 24 heavy (non-hydrogen) atoms. The Balaban J connectivity index is 1.66. The van der Waals surface area contributed by atoms with Crippen LogP contribution >= 0.6 is 11.6 Å². The van der Waals surface area contributed by atoms with Gasteiger partial charge < -0.3 is 9.73 Å². The lowest BCUT2D eigenvalue weighted by molar-refractivity contribution is 0.558. The van der Waals surface area contributed by atoms with E-state index < -0.39 is 0 Å². The zero-order valence-corrected chi connectivity index (χ0v) is 14.2. The molecule has 0 aliphatic heterocycles. The highest BCUT2D eigenvalue weighted by atomic mass is 35.5. The van der Waals surface area contributed by atoms with Crippen molar-refractivity contribution in [3.63, 3.8) is 0 Å². The van der Waals surface area contributed by atoms with Crippen molar-refractivity contribution in [2.45, 2.75) is 26.3 Å². The van der Waals surface area contributed by atoms with Gasteiger partial charge >= 0.3 is 0 Å². The second kappa shape index (κ2) is 5.83. The fraction of sp³-hybridized carbons (Fsp3) is 0.222. The first kappa shape index (κ1) is 15.0. The molecule has 4 aromatic rings. The molecule has 0 aliphatic carbocycles. The molecule has 5 nitrogen and oxygen atoms in total. The molecule has 122 valence electrons. The molecule has 0 saturated carbocycles. The minimum absolute atomic E-state index is 0.330. The Labute approximate surface area is 144 Å². The van der Waals surface area contributed by atoms with Gasteiger partial charge in [0.25, 0.3) is 0 Å². The first-order valence-corrected chi connectivity index (χ1v) is 8.25. The number of nitrogens with zero attached hydrogens (tertiary/aromatic N) is 3. The number of halogens is 1. The Morgan fingerprint density at radius 1 is 1.25 bits per heavy atom. The summed E-state index contributed by atoms with van der Waals surface area (Å²) in [6.45, 7) is 4.77. The van der Waals surface area contributed by atoms with Crippen LogP contribution in [0, 0.1) is 0 Å². The number of para-hydroxylation sites is 1. The molecule has 1 aromatic carbocycles. The van der Waals surface area contributed by atoms with Crippen LogP contribution in [0.15, 0.2) is 47.0 Å². The minimum atomic E-state index is 0.330. The van der Waals surface area contributed by atoms with Gasteiger partial charge in [-0.3, -0.25) is 0 Å². The predicted octanol–water partition coefficient (Wildman–Crippen LogP) is 4.86. The molecule has 0 spiro atoms.